The molecule has 0 spiro atoms. The van der Waals surface area contributed by atoms with Crippen LogP contribution in [0.2, 0.25) is 0 Å². The van der Waals surface area contributed by atoms with Crippen molar-refractivity contribution in [3.05, 3.63) is 41.5 Å². The second-order valence-electron chi connectivity index (χ2n) is 3.11. The lowest BCUT2D eigenvalue weighted by Gasteiger charge is -2.00. The Balaban J connectivity index is 3.04. The van der Waals surface area contributed by atoms with Gasteiger partial charge >= 0.3 is 5.97 Å². The summed E-state index contributed by atoms with van der Waals surface area (Å²) < 4.78 is 29.8. The zero-order valence-electron chi connectivity index (χ0n) is 8.20. The molecule has 0 amide bonds. The fraction of sp³-hybridized carbons (Fsp3) is 0.100. The number of rotatable bonds is 4. The lowest BCUT2D eigenvalue weighted by Crippen LogP contribution is -2.13. The van der Waals surface area contributed by atoms with E-state index in [1.807, 2.05) is 0 Å². The van der Waals surface area contributed by atoms with E-state index in [0.29, 0.717) is 5.56 Å². The number of aliphatic carboxylic acids is 1. The van der Waals surface area contributed by atoms with Crippen molar-refractivity contribution in [1.29, 1.82) is 0 Å². The van der Waals surface area contributed by atoms with Gasteiger partial charge in [0, 0.05) is 0 Å². The van der Waals surface area contributed by atoms with Gasteiger partial charge in [0.25, 0.3) is 10.1 Å². The molecule has 86 valence electrons. The summed E-state index contributed by atoms with van der Waals surface area (Å²) in [7, 11) is -4.34. The summed E-state index contributed by atoms with van der Waals surface area (Å²) in [5.41, 5.74) is 0.178. The highest BCUT2D eigenvalue weighted by atomic mass is 32.2. The fourth-order valence-electron chi connectivity index (χ4n) is 1.11. The highest BCUT2D eigenvalue weighted by Crippen LogP contribution is 2.08. The van der Waals surface area contributed by atoms with Crippen molar-refractivity contribution in [3.8, 4) is 0 Å². The van der Waals surface area contributed by atoms with Gasteiger partial charge in [0.1, 0.15) is 5.75 Å². The van der Waals surface area contributed by atoms with Crippen molar-refractivity contribution in [2.24, 2.45) is 0 Å². The number of benzene rings is 1. The van der Waals surface area contributed by atoms with E-state index in [9.17, 15) is 13.2 Å². The Morgan fingerprint density at radius 2 is 1.81 bits per heavy atom. The molecule has 0 aliphatic carbocycles. The molecule has 0 heterocycles. The van der Waals surface area contributed by atoms with Crippen molar-refractivity contribution in [1.82, 2.24) is 0 Å². The van der Waals surface area contributed by atoms with Crippen LogP contribution in [0, 0.1) is 0 Å². The predicted octanol–water partition coefficient (Wildman–Crippen LogP) is 1.04. The Bertz CT molecular complexity index is 501. The van der Waals surface area contributed by atoms with E-state index in [1.165, 1.54) is 6.08 Å². The van der Waals surface area contributed by atoms with E-state index >= 15 is 0 Å². The van der Waals surface area contributed by atoms with Crippen LogP contribution in [-0.2, 0) is 14.9 Å². The molecular formula is C10H10O5S. The summed E-state index contributed by atoms with van der Waals surface area (Å²) in [5.74, 6) is -2.28. The molecule has 0 radical (unpaired) electrons. The van der Waals surface area contributed by atoms with Gasteiger partial charge in [-0.25, -0.2) is 4.79 Å². The van der Waals surface area contributed by atoms with Gasteiger partial charge in [-0.3, -0.25) is 4.55 Å². The summed E-state index contributed by atoms with van der Waals surface area (Å²) in [4.78, 5) is 10.7. The molecule has 0 aromatic heterocycles. The molecule has 0 saturated carbocycles. The number of carbonyl (C=O) groups is 1. The number of carboxylic acids is 1. The molecule has 16 heavy (non-hydrogen) atoms. The molecule has 0 fully saturated rings. The molecule has 6 heteroatoms. The molecule has 0 saturated heterocycles. The second kappa shape index (κ2) is 4.91. The smallest absolute Gasteiger partial charge is 0.332 e. The van der Waals surface area contributed by atoms with Crippen molar-refractivity contribution >= 4 is 22.2 Å². The van der Waals surface area contributed by atoms with Crippen LogP contribution in [0.3, 0.4) is 0 Å². The summed E-state index contributed by atoms with van der Waals surface area (Å²) in [6, 6.07) is 8.40. The lowest BCUT2D eigenvalue weighted by molar-refractivity contribution is -0.132. The maximum Gasteiger partial charge on any atom is 0.332 e. The number of hydrogen-bond donors (Lipinski definition) is 2. The fourth-order valence-corrected chi connectivity index (χ4v) is 1.71. The molecule has 1 aromatic carbocycles. The van der Waals surface area contributed by atoms with E-state index in [4.69, 9.17) is 9.66 Å². The van der Waals surface area contributed by atoms with Crippen LogP contribution in [-0.4, -0.2) is 29.8 Å². The third-order valence-electron chi connectivity index (χ3n) is 1.75. The minimum Gasteiger partial charge on any atom is -0.478 e. The molecule has 5 nitrogen and oxygen atoms in total. The summed E-state index contributed by atoms with van der Waals surface area (Å²) in [6.45, 7) is 0. The van der Waals surface area contributed by atoms with Crippen LogP contribution in [0.1, 0.15) is 5.56 Å². The maximum atomic E-state index is 10.7. The zero-order valence-corrected chi connectivity index (χ0v) is 9.02. The van der Waals surface area contributed by atoms with Gasteiger partial charge in [-0.15, -0.1) is 0 Å². The van der Waals surface area contributed by atoms with Gasteiger partial charge < -0.3 is 5.11 Å². The first-order valence-corrected chi connectivity index (χ1v) is 5.93. The Morgan fingerprint density at radius 1 is 1.25 bits per heavy atom. The third-order valence-corrected chi connectivity index (χ3v) is 2.43. The highest BCUT2D eigenvalue weighted by Gasteiger charge is 2.15. The van der Waals surface area contributed by atoms with Crippen molar-refractivity contribution in [2.75, 3.05) is 5.75 Å². The maximum absolute atomic E-state index is 10.7. The Hall–Kier alpha value is -1.66. The first kappa shape index (κ1) is 12.4. The van der Waals surface area contributed by atoms with E-state index < -0.39 is 21.8 Å². The summed E-state index contributed by atoms with van der Waals surface area (Å²) >= 11 is 0. The average molecular weight is 242 g/mol. The van der Waals surface area contributed by atoms with Crippen molar-refractivity contribution in [2.45, 2.75) is 0 Å². The largest absolute Gasteiger partial charge is 0.478 e. The third kappa shape index (κ3) is 4.24. The Morgan fingerprint density at radius 3 is 2.25 bits per heavy atom. The molecular weight excluding hydrogens is 232 g/mol. The Kier molecular flexibility index (Phi) is 3.81. The topological polar surface area (TPSA) is 91.7 Å². The molecule has 1 aromatic rings. The number of carboxylic acid groups (broad SMARTS) is 1. The van der Waals surface area contributed by atoms with Crippen LogP contribution in [0.25, 0.3) is 6.08 Å². The van der Waals surface area contributed by atoms with Gasteiger partial charge in [-0.2, -0.15) is 8.42 Å². The van der Waals surface area contributed by atoms with Crippen LogP contribution in [0.15, 0.2) is 35.9 Å². The molecule has 0 aliphatic heterocycles. The normalized spacial score (nSPS) is 12.4. The van der Waals surface area contributed by atoms with E-state index in [0.717, 1.165) is 0 Å². The van der Waals surface area contributed by atoms with Crippen LogP contribution in [0.4, 0.5) is 0 Å². The second-order valence-corrected chi connectivity index (χ2v) is 4.56. The van der Waals surface area contributed by atoms with E-state index in [2.05, 4.69) is 0 Å². The van der Waals surface area contributed by atoms with Gasteiger partial charge in [0.15, 0.2) is 0 Å². The first-order chi connectivity index (χ1) is 7.38. The quantitative estimate of drug-likeness (QED) is 0.608. The highest BCUT2D eigenvalue weighted by molar-refractivity contribution is 7.86. The predicted molar refractivity (Wildman–Crippen MR) is 58.5 cm³/mol. The van der Waals surface area contributed by atoms with E-state index in [-0.39, 0.29) is 5.57 Å². The van der Waals surface area contributed by atoms with Crippen molar-refractivity contribution < 1.29 is 22.9 Å². The van der Waals surface area contributed by atoms with Crippen LogP contribution < -0.4 is 0 Å². The van der Waals surface area contributed by atoms with Gasteiger partial charge in [-0.05, 0) is 11.6 Å². The molecule has 0 aliphatic rings. The molecule has 2 N–H and O–H groups in total. The Labute approximate surface area is 92.8 Å². The van der Waals surface area contributed by atoms with Crippen LogP contribution >= 0.6 is 0 Å². The first-order valence-electron chi connectivity index (χ1n) is 4.32. The lowest BCUT2D eigenvalue weighted by atomic mass is 10.1. The molecule has 0 unspecified atom stereocenters. The van der Waals surface area contributed by atoms with E-state index in [1.54, 1.807) is 30.3 Å². The monoisotopic (exact) mass is 242 g/mol. The standard InChI is InChI=1S/C10H10O5S/c11-10(12)9(7-16(13,14)15)6-8-4-2-1-3-5-8/h1-6H,7H2,(H,11,12)(H,13,14,15). The molecule has 0 bridgehead atoms. The molecule has 1 rings (SSSR count). The molecule has 0 atom stereocenters. The minimum atomic E-state index is -4.34. The van der Waals surface area contributed by atoms with Crippen LogP contribution in [0.5, 0.6) is 0 Å². The SMILES string of the molecule is O=C(O)C(=Cc1ccccc1)CS(=O)(=O)O. The summed E-state index contributed by atoms with van der Waals surface area (Å²) in [6.07, 6.45) is 1.20. The number of hydrogen-bond acceptors (Lipinski definition) is 3. The van der Waals surface area contributed by atoms with Gasteiger partial charge in [0.05, 0.1) is 5.57 Å². The summed E-state index contributed by atoms with van der Waals surface area (Å²) in [5, 5.41) is 8.75. The minimum absolute atomic E-state index is 0.381. The van der Waals surface area contributed by atoms with Gasteiger partial charge in [-0.1, -0.05) is 30.3 Å². The van der Waals surface area contributed by atoms with Gasteiger partial charge in [0.2, 0.25) is 0 Å². The average Bonchev–Trinajstić information content (AvgIpc) is 2.16. The zero-order chi connectivity index (χ0) is 12.2. The van der Waals surface area contributed by atoms with Crippen molar-refractivity contribution in [3.63, 3.8) is 0 Å².